The molecule has 7 rings (SSSR count). The lowest BCUT2D eigenvalue weighted by Gasteiger charge is -2.39. The molecular weight excluding hydrogens is 693 g/mol. The Bertz CT molecular complexity index is 1880. The van der Waals surface area contributed by atoms with Crippen molar-refractivity contribution >= 4 is 5.91 Å². The van der Waals surface area contributed by atoms with Gasteiger partial charge in [-0.05, 0) is 73.1 Å². The molecular formula is C41H42F5N3O4. The van der Waals surface area contributed by atoms with Crippen molar-refractivity contribution in [2.75, 3.05) is 32.7 Å². The van der Waals surface area contributed by atoms with Crippen molar-refractivity contribution in [2.24, 2.45) is 0 Å². The molecule has 53 heavy (non-hydrogen) atoms. The Morgan fingerprint density at radius 2 is 1.42 bits per heavy atom. The Balaban J connectivity index is 1.08. The van der Waals surface area contributed by atoms with Gasteiger partial charge in [0.05, 0.1) is 18.8 Å². The Labute approximate surface area is 305 Å². The van der Waals surface area contributed by atoms with Crippen LogP contribution in [0.1, 0.15) is 77.1 Å². The predicted molar refractivity (Wildman–Crippen MR) is 188 cm³/mol. The summed E-state index contributed by atoms with van der Waals surface area (Å²) >= 11 is 0. The number of likely N-dealkylation sites (tertiary alicyclic amines) is 2. The van der Waals surface area contributed by atoms with Crippen molar-refractivity contribution in [3.63, 3.8) is 0 Å². The molecule has 4 aromatic rings. The number of carbonyl (C=O) groups is 1. The molecule has 1 amide bonds. The number of carbonyl (C=O) groups excluding carboxylic acids is 1. The molecule has 0 aromatic heterocycles. The van der Waals surface area contributed by atoms with Crippen molar-refractivity contribution in [1.82, 2.24) is 15.1 Å². The first-order valence-corrected chi connectivity index (χ1v) is 18.1. The second kappa shape index (κ2) is 16.4. The minimum atomic E-state index is -2.33. The van der Waals surface area contributed by atoms with Crippen LogP contribution in [0.15, 0.2) is 72.8 Å². The van der Waals surface area contributed by atoms with Gasteiger partial charge in [0.15, 0.2) is 29.6 Å². The van der Waals surface area contributed by atoms with Crippen LogP contribution in [0.2, 0.25) is 0 Å². The molecule has 2 N–H and O–H groups in total. The molecule has 3 aliphatic rings. The maximum atomic E-state index is 14.3. The zero-order valence-corrected chi connectivity index (χ0v) is 29.2. The molecule has 0 bridgehead atoms. The van der Waals surface area contributed by atoms with Crippen LogP contribution in [-0.4, -0.2) is 65.7 Å². The average Bonchev–Trinajstić information content (AvgIpc) is 3.88. The van der Waals surface area contributed by atoms with Gasteiger partial charge in [0.25, 0.3) is 5.91 Å². The lowest BCUT2D eigenvalue weighted by atomic mass is 9.97. The summed E-state index contributed by atoms with van der Waals surface area (Å²) in [5.41, 5.74) is 3.12. The Morgan fingerprint density at radius 1 is 0.755 bits per heavy atom. The molecule has 3 heterocycles. The van der Waals surface area contributed by atoms with Crippen molar-refractivity contribution in [3.05, 3.63) is 130 Å². The van der Waals surface area contributed by atoms with E-state index in [0.29, 0.717) is 23.6 Å². The van der Waals surface area contributed by atoms with Gasteiger partial charge in [-0.15, -0.1) is 0 Å². The van der Waals surface area contributed by atoms with E-state index in [1.54, 1.807) is 24.3 Å². The summed E-state index contributed by atoms with van der Waals surface area (Å²) in [6, 6.07) is 22.9. The molecule has 0 aliphatic carbocycles. The van der Waals surface area contributed by atoms with Gasteiger partial charge in [-0.2, -0.15) is 0 Å². The average molecular weight is 736 g/mol. The van der Waals surface area contributed by atoms with Gasteiger partial charge in [0.1, 0.15) is 5.56 Å². The third-order valence-electron chi connectivity index (χ3n) is 10.6. The van der Waals surface area contributed by atoms with E-state index in [4.69, 9.17) is 9.47 Å². The quantitative estimate of drug-likeness (QED) is 0.0941. The highest BCUT2D eigenvalue weighted by Crippen LogP contribution is 2.39. The minimum absolute atomic E-state index is 0.0410. The molecule has 12 heteroatoms. The van der Waals surface area contributed by atoms with Crippen LogP contribution in [0.4, 0.5) is 22.0 Å². The Hall–Kier alpha value is -4.20. The number of aliphatic hydroxyl groups is 1. The number of nitrogens with one attached hydrogen (secondary N) is 1. The zero-order valence-electron chi connectivity index (χ0n) is 29.2. The molecule has 4 atom stereocenters. The molecule has 0 radical (unpaired) electrons. The zero-order chi connectivity index (χ0) is 37.1. The molecule has 0 spiro atoms. The van der Waals surface area contributed by atoms with Crippen LogP contribution in [-0.2, 0) is 22.6 Å². The van der Waals surface area contributed by atoms with Gasteiger partial charge in [-0.25, -0.2) is 22.0 Å². The first-order chi connectivity index (χ1) is 25.7. The fourth-order valence-corrected chi connectivity index (χ4v) is 7.74. The highest BCUT2D eigenvalue weighted by Gasteiger charge is 2.36. The normalized spacial score (nSPS) is 22.4. The van der Waals surface area contributed by atoms with E-state index < -0.39 is 46.8 Å². The second-order valence-electron chi connectivity index (χ2n) is 14.1. The van der Waals surface area contributed by atoms with Crippen LogP contribution >= 0.6 is 0 Å². The molecule has 3 fully saturated rings. The SMILES string of the molecule is O=C(NCc1ccccc1-c1ccc(C2OC(CN3CCCC3CN3CCCC3)CC(c3ccc(CO)cc3)O2)cc1)c1c(F)c(F)c(F)c(F)c1F. The number of hydrogen-bond donors (Lipinski definition) is 2. The van der Waals surface area contributed by atoms with Crippen LogP contribution in [0.5, 0.6) is 0 Å². The molecule has 4 aromatic carbocycles. The lowest BCUT2D eigenvalue weighted by molar-refractivity contribution is -0.253. The summed E-state index contributed by atoms with van der Waals surface area (Å²) in [5.74, 6) is -12.5. The number of benzene rings is 4. The summed E-state index contributed by atoms with van der Waals surface area (Å²) in [7, 11) is 0. The predicted octanol–water partition coefficient (Wildman–Crippen LogP) is 7.58. The fraction of sp³-hybridized carbons (Fsp3) is 0.390. The van der Waals surface area contributed by atoms with Gasteiger partial charge in [-0.3, -0.25) is 9.69 Å². The summed E-state index contributed by atoms with van der Waals surface area (Å²) in [5, 5.41) is 11.9. The largest absolute Gasteiger partial charge is 0.392 e. The topological polar surface area (TPSA) is 74.3 Å². The van der Waals surface area contributed by atoms with Crippen molar-refractivity contribution < 1.29 is 41.3 Å². The van der Waals surface area contributed by atoms with Crippen molar-refractivity contribution in [2.45, 2.75) is 69.8 Å². The second-order valence-corrected chi connectivity index (χ2v) is 14.1. The molecule has 0 saturated carbocycles. The van der Waals surface area contributed by atoms with Gasteiger partial charge in [-0.1, -0.05) is 72.8 Å². The van der Waals surface area contributed by atoms with Gasteiger partial charge in [0.2, 0.25) is 5.82 Å². The molecule has 3 aliphatic heterocycles. The highest BCUT2D eigenvalue weighted by atomic mass is 19.2. The lowest BCUT2D eigenvalue weighted by Crippen LogP contribution is -2.45. The Morgan fingerprint density at radius 3 is 2.11 bits per heavy atom. The van der Waals surface area contributed by atoms with E-state index in [1.165, 1.54) is 38.8 Å². The van der Waals surface area contributed by atoms with Gasteiger partial charge < -0.3 is 24.8 Å². The Kier molecular flexibility index (Phi) is 11.5. The van der Waals surface area contributed by atoms with Gasteiger partial charge >= 0.3 is 0 Å². The van der Waals surface area contributed by atoms with Crippen molar-refractivity contribution in [1.29, 1.82) is 0 Å². The smallest absolute Gasteiger partial charge is 0.257 e. The highest BCUT2D eigenvalue weighted by molar-refractivity contribution is 5.95. The van der Waals surface area contributed by atoms with Crippen LogP contribution < -0.4 is 5.32 Å². The maximum Gasteiger partial charge on any atom is 0.257 e. The molecule has 3 saturated heterocycles. The fourth-order valence-electron chi connectivity index (χ4n) is 7.74. The monoisotopic (exact) mass is 735 g/mol. The number of nitrogens with zero attached hydrogens (tertiary/aromatic N) is 2. The first-order valence-electron chi connectivity index (χ1n) is 18.1. The molecule has 4 unspecified atom stereocenters. The van der Waals surface area contributed by atoms with E-state index in [9.17, 15) is 31.9 Å². The van der Waals surface area contributed by atoms with Gasteiger partial charge in [0, 0.05) is 37.7 Å². The third kappa shape index (κ3) is 8.17. The number of aliphatic hydroxyl groups excluding tert-OH is 1. The van der Waals surface area contributed by atoms with E-state index in [-0.39, 0.29) is 25.4 Å². The van der Waals surface area contributed by atoms with Crippen LogP contribution in [0.25, 0.3) is 11.1 Å². The van der Waals surface area contributed by atoms with Crippen LogP contribution in [0.3, 0.4) is 0 Å². The number of halogens is 5. The summed E-state index contributed by atoms with van der Waals surface area (Å²) in [4.78, 5) is 17.8. The number of hydrogen-bond acceptors (Lipinski definition) is 6. The van der Waals surface area contributed by atoms with E-state index >= 15 is 0 Å². The number of ether oxygens (including phenoxy) is 2. The number of rotatable bonds is 11. The van der Waals surface area contributed by atoms with E-state index in [1.807, 2.05) is 48.5 Å². The first kappa shape index (κ1) is 37.1. The number of amides is 1. The van der Waals surface area contributed by atoms with E-state index in [0.717, 1.165) is 41.9 Å². The minimum Gasteiger partial charge on any atom is -0.392 e. The summed E-state index contributed by atoms with van der Waals surface area (Å²) in [6.45, 7) is 4.97. The van der Waals surface area contributed by atoms with Crippen LogP contribution in [0, 0.1) is 29.1 Å². The standard InChI is InChI=1S/C41H42F5N3O4/c42-35-34(36(43)38(45)39(46)37(35)44)40(51)47-21-29-6-1-2-8-32(29)26-13-15-28(16-14-26)41-52-31(20-33(53-41)27-11-9-25(24-50)10-12-27)23-49-19-5-7-30(49)22-48-17-3-4-18-48/h1-2,6,8-16,30-31,33,41,50H,3-5,7,17-24H2,(H,47,51). The summed E-state index contributed by atoms with van der Waals surface area (Å²) < 4.78 is 82.8. The van der Waals surface area contributed by atoms with Crippen molar-refractivity contribution in [3.8, 4) is 11.1 Å². The third-order valence-corrected chi connectivity index (χ3v) is 10.6. The van der Waals surface area contributed by atoms with E-state index in [2.05, 4.69) is 15.1 Å². The maximum absolute atomic E-state index is 14.3. The molecule has 280 valence electrons. The summed E-state index contributed by atoms with van der Waals surface area (Å²) in [6.07, 6.45) is 4.59. The molecule has 7 nitrogen and oxygen atoms in total.